The van der Waals surface area contributed by atoms with Crippen molar-refractivity contribution in [2.45, 2.75) is 5.88 Å². The molecule has 0 aliphatic carbocycles. The maximum atomic E-state index is 13.4. The van der Waals surface area contributed by atoms with Crippen molar-refractivity contribution in [2.75, 3.05) is 7.11 Å². The number of rotatable bonds is 3. The number of aromatic nitrogens is 3. The maximum Gasteiger partial charge on any atom is 0.215 e. The Kier molecular flexibility index (Phi) is 3.82. The van der Waals surface area contributed by atoms with E-state index in [9.17, 15) is 4.39 Å². The number of ether oxygens (including phenoxy) is 1. The first kappa shape index (κ1) is 14.3. The molecule has 0 unspecified atom stereocenters. The van der Waals surface area contributed by atoms with E-state index in [1.54, 1.807) is 29.9 Å². The number of hydrogen-bond acceptors (Lipinski definition) is 3. The summed E-state index contributed by atoms with van der Waals surface area (Å²) in [5, 5.41) is 0. The van der Waals surface area contributed by atoms with E-state index in [0.717, 1.165) is 5.69 Å². The smallest absolute Gasteiger partial charge is 0.215 e. The Morgan fingerprint density at radius 3 is 2.76 bits per heavy atom. The molecule has 0 saturated heterocycles. The van der Waals surface area contributed by atoms with E-state index in [4.69, 9.17) is 16.3 Å². The van der Waals surface area contributed by atoms with E-state index < -0.39 is 0 Å². The van der Waals surface area contributed by atoms with Crippen molar-refractivity contribution in [1.82, 2.24) is 14.5 Å². The molecule has 108 valence electrons. The van der Waals surface area contributed by atoms with Crippen molar-refractivity contribution in [3.63, 3.8) is 0 Å². The average molecular weight is 371 g/mol. The minimum atomic E-state index is -0.332. The van der Waals surface area contributed by atoms with Gasteiger partial charge in [-0.3, -0.25) is 4.57 Å². The summed E-state index contributed by atoms with van der Waals surface area (Å²) >= 11 is 9.15. The van der Waals surface area contributed by atoms with Gasteiger partial charge < -0.3 is 4.74 Å². The Hall–Kier alpha value is -1.66. The van der Waals surface area contributed by atoms with Gasteiger partial charge in [0.05, 0.1) is 23.1 Å². The van der Waals surface area contributed by atoms with Gasteiger partial charge in [-0.15, -0.1) is 11.6 Å². The van der Waals surface area contributed by atoms with Gasteiger partial charge in [0, 0.05) is 6.07 Å². The Morgan fingerprint density at radius 2 is 2.10 bits per heavy atom. The molecule has 2 aromatic heterocycles. The third kappa shape index (κ3) is 2.49. The van der Waals surface area contributed by atoms with Crippen molar-refractivity contribution in [2.24, 2.45) is 0 Å². The standard InChI is InChI=1S/C14H10BrClFN3O/c1-21-13-5-4-11-14(19-13)20(12(7-16)18-11)8-2-3-10(17)9(15)6-8/h2-6H,7H2,1H3. The summed E-state index contributed by atoms with van der Waals surface area (Å²) in [6.45, 7) is 0. The quantitative estimate of drug-likeness (QED) is 0.653. The summed E-state index contributed by atoms with van der Waals surface area (Å²) in [5.41, 5.74) is 2.04. The number of halogens is 3. The van der Waals surface area contributed by atoms with Crippen LogP contribution in [0.3, 0.4) is 0 Å². The lowest BCUT2D eigenvalue weighted by atomic mass is 10.3. The lowest BCUT2D eigenvalue weighted by Crippen LogP contribution is -2.01. The van der Waals surface area contributed by atoms with Crippen molar-refractivity contribution in [3.8, 4) is 11.6 Å². The van der Waals surface area contributed by atoms with Crippen LogP contribution in [-0.4, -0.2) is 21.6 Å². The normalized spacial score (nSPS) is 11.0. The van der Waals surface area contributed by atoms with Gasteiger partial charge in [-0.05, 0) is 40.2 Å². The van der Waals surface area contributed by atoms with Gasteiger partial charge in [0.25, 0.3) is 0 Å². The molecule has 3 aromatic rings. The van der Waals surface area contributed by atoms with Crippen LogP contribution in [0.15, 0.2) is 34.8 Å². The molecule has 4 nitrogen and oxygen atoms in total. The second-order valence-electron chi connectivity index (χ2n) is 4.29. The molecule has 2 heterocycles. The van der Waals surface area contributed by atoms with E-state index in [-0.39, 0.29) is 11.7 Å². The molecule has 1 aromatic carbocycles. The van der Waals surface area contributed by atoms with E-state index in [1.165, 1.54) is 6.07 Å². The first-order valence-corrected chi connectivity index (χ1v) is 7.40. The maximum absolute atomic E-state index is 13.4. The molecule has 0 radical (unpaired) electrons. The van der Waals surface area contributed by atoms with Crippen molar-refractivity contribution < 1.29 is 9.13 Å². The number of hydrogen-bond donors (Lipinski definition) is 0. The zero-order chi connectivity index (χ0) is 15.0. The van der Waals surface area contributed by atoms with Gasteiger partial charge in [-0.2, -0.15) is 4.98 Å². The molecule has 7 heteroatoms. The molecule has 0 amide bonds. The van der Waals surface area contributed by atoms with Gasteiger partial charge >= 0.3 is 0 Å². The predicted molar refractivity (Wildman–Crippen MR) is 82.6 cm³/mol. The second kappa shape index (κ2) is 5.61. The molecule has 0 spiro atoms. The molecule has 0 fully saturated rings. The van der Waals surface area contributed by atoms with Crippen LogP contribution in [0.1, 0.15) is 5.82 Å². The number of fused-ring (bicyclic) bond motifs is 1. The van der Waals surface area contributed by atoms with E-state index in [2.05, 4.69) is 25.9 Å². The highest BCUT2D eigenvalue weighted by Gasteiger charge is 2.15. The minimum Gasteiger partial charge on any atom is -0.481 e. The molecule has 0 bridgehead atoms. The number of nitrogens with zero attached hydrogens (tertiary/aromatic N) is 3. The molecule has 0 saturated carbocycles. The van der Waals surface area contributed by atoms with Crippen molar-refractivity contribution in [1.29, 1.82) is 0 Å². The fourth-order valence-electron chi connectivity index (χ4n) is 2.09. The highest BCUT2D eigenvalue weighted by atomic mass is 79.9. The van der Waals surface area contributed by atoms with Crippen LogP contribution in [0.5, 0.6) is 5.88 Å². The van der Waals surface area contributed by atoms with E-state index in [0.29, 0.717) is 27.3 Å². The van der Waals surface area contributed by atoms with Gasteiger partial charge in [0.15, 0.2) is 5.65 Å². The van der Waals surface area contributed by atoms with E-state index in [1.807, 2.05) is 6.07 Å². The lowest BCUT2D eigenvalue weighted by molar-refractivity contribution is 0.399. The largest absolute Gasteiger partial charge is 0.481 e. The van der Waals surface area contributed by atoms with Crippen molar-refractivity contribution >= 4 is 38.7 Å². The van der Waals surface area contributed by atoms with Crippen LogP contribution in [0.25, 0.3) is 16.9 Å². The minimum absolute atomic E-state index is 0.216. The van der Waals surface area contributed by atoms with Gasteiger partial charge in [0.2, 0.25) is 5.88 Å². The van der Waals surface area contributed by atoms with Crippen LogP contribution in [0, 0.1) is 5.82 Å². The summed E-state index contributed by atoms with van der Waals surface area (Å²) in [7, 11) is 1.55. The Bertz CT molecular complexity index is 821. The number of imidazole rings is 1. The molecular weight excluding hydrogens is 361 g/mol. The summed E-state index contributed by atoms with van der Waals surface area (Å²) in [6.07, 6.45) is 0. The monoisotopic (exact) mass is 369 g/mol. The summed E-state index contributed by atoms with van der Waals surface area (Å²) < 4.78 is 20.7. The molecule has 0 N–H and O–H groups in total. The predicted octanol–water partition coefficient (Wildman–Crippen LogP) is 4.07. The molecule has 21 heavy (non-hydrogen) atoms. The van der Waals surface area contributed by atoms with E-state index >= 15 is 0 Å². The van der Waals surface area contributed by atoms with Gasteiger partial charge in [0.1, 0.15) is 17.2 Å². The SMILES string of the molecule is COc1ccc2nc(CCl)n(-c3ccc(F)c(Br)c3)c2n1. The van der Waals surface area contributed by atoms with Crippen LogP contribution in [0.4, 0.5) is 4.39 Å². The average Bonchev–Trinajstić information content (AvgIpc) is 2.87. The number of alkyl halides is 1. The van der Waals surface area contributed by atoms with Crippen LogP contribution >= 0.6 is 27.5 Å². The summed E-state index contributed by atoms with van der Waals surface area (Å²) in [5.74, 6) is 0.992. The van der Waals surface area contributed by atoms with Crippen molar-refractivity contribution in [3.05, 3.63) is 46.4 Å². The second-order valence-corrected chi connectivity index (χ2v) is 5.41. The molecule has 3 rings (SSSR count). The molecule has 0 atom stereocenters. The summed E-state index contributed by atoms with van der Waals surface area (Å²) in [6, 6.07) is 8.24. The fraction of sp³-hybridized carbons (Fsp3) is 0.143. The molecule has 0 aliphatic heterocycles. The molecule has 0 aliphatic rings. The van der Waals surface area contributed by atoms with Gasteiger partial charge in [-0.1, -0.05) is 0 Å². The third-order valence-electron chi connectivity index (χ3n) is 3.04. The topological polar surface area (TPSA) is 39.9 Å². The number of methoxy groups -OCH3 is 1. The van der Waals surface area contributed by atoms with Crippen LogP contribution < -0.4 is 4.74 Å². The Labute approximate surface area is 133 Å². The Balaban J connectivity index is 2.30. The highest BCUT2D eigenvalue weighted by molar-refractivity contribution is 9.10. The first-order chi connectivity index (χ1) is 10.1. The fourth-order valence-corrected chi connectivity index (χ4v) is 2.63. The number of benzene rings is 1. The summed E-state index contributed by atoms with van der Waals surface area (Å²) in [4.78, 5) is 8.84. The number of pyridine rings is 1. The van der Waals surface area contributed by atoms with Gasteiger partial charge in [-0.25, -0.2) is 9.37 Å². The first-order valence-electron chi connectivity index (χ1n) is 6.08. The lowest BCUT2D eigenvalue weighted by Gasteiger charge is -2.08. The third-order valence-corrected chi connectivity index (χ3v) is 3.89. The highest BCUT2D eigenvalue weighted by Crippen LogP contribution is 2.26. The molecular formula is C14H10BrClFN3O. The zero-order valence-electron chi connectivity index (χ0n) is 11.0. The van der Waals surface area contributed by atoms with Crippen LogP contribution in [-0.2, 0) is 5.88 Å². The van der Waals surface area contributed by atoms with Crippen LogP contribution in [0.2, 0.25) is 0 Å². The Morgan fingerprint density at radius 1 is 1.29 bits per heavy atom. The zero-order valence-corrected chi connectivity index (χ0v) is 13.3.